The third-order valence-corrected chi connectivity index (χ3v) is 4.42. The molecule has 3 aromatic heterocycles. The number of aryl methyl sites for hydroxylation is 1. The van der Waals surface area contributed by atoms with Crippen LogP contribution in [0.1, 0.15) is 24.2 Å². The minimum atomic E-state index is -0.000926. The molecule has 1 N–H and O–H groups in total. The molecule has 0 amide bonds. The summed E-state index contributed by atoms with van der Waals surface area (Å²) in [5, 5.41) is 10.4. The number of fused-ring (bicyclic) bond motifs is 1. The van der Waals surface area contributed by atoms with E-state index in [1.807, 2.05) is 24.0 Å². The molecule has 0 aliphatic carbocycles. The van der Waals surface area contributed by atoms with Crippen LogP contribution in [0.25, 0.3) is 10.2 Å². The van der Waals surface area contributed by atoms with Crippen molar-refractivity contribution in [2.75, 3.05) is 6.54 Å². The zero-order chi connectivity index (χ0) is 14.1. The second kappa shape index (κ2) is 5.52. The Kier molecular flexibility index (Phi) is 3.74. The molecular formula is C14H15ClN4S. The van der Waals surface area contributed by atoms with E-state index >= 15 is 0 Å². The van der Waals surface area contributed by atoms with Crippen LogP contribution in [0, 0.1) is 0 Å². The SMILES string of the molecule is CCNC(c1cnc2ccsc2c1)c1c(Cl)cnn1C. The minimum Gasteiger partial charge on any atom is -0.305 e. The molecule has 3 rings (SSSR count). The Morgan fingerprint density at radius 3 is 3.00 bits per heavy atom. The molecule has 0 bridgehead atoms. The topological polar surface area (TPSA) is 42.7 Å². The third-order valence-electron chi connectivity index (χ3n) is 3.28. The van der Waals surface area contributed by atoms with E-state index in [1.165, 1.54) is 4.70 Å². The van der Waals surface area contributed by atoms with Crippen molar-refractivity contribution in [1.82, 2.24) is 20.1 Å². The summed E-state index contributed by atoms with van der Waals surface area (Å²) in [4.78, 5) is 4.51. The lowest BCUT2D eigenvalue weighted by Crippen LogP contribution is -2.24. The maximum absolute atomic E-state index is 6.28. The highest BCUT2D eigenvalue weighted by molar-refractivity contribution is 7.17. The van der Waals surface area contributed by atoms with Crippen LogP contribution in [0.4, 0.5) is 0 Å². The molecule has 0 radical (unpaired) electrons. The minimum absolute atomic E-state index is 0.000926. The molecule has 0 spiro atoms. The second-order valence-corrected chi connectivity index (χ2v) is 5.92. The van der Waals surface area contributed by atoms with Gasteiger partial charge in [0.1, 0.15) is 0 Å². The zero-order valence-corrected chi connectivity index (χ0v) is 12.9. The average Bonchev–Trinajstić information content (AvgIpc) is 3.03. The van der Waals surface area contributed by atoms with E-state index in [1.54, 1.807) is 17.5 Å². The Bertz CT molecular complexity index is 714. The molecule has 0 saturated heterocycles. The van der Waals surface area contributed by atoms with Gasteiger partial charge in [-0.25, -0.2) is 0 Å². The summed E-state index contributed by atoms with van der Waals surface area (Å²) >= 11 is 7.98. The average molecular weight is 307 g/mol. The van der Waals surface area contributed by atoms with Crippen molar-refractivity contribution in [2.24, 2.45) is 7.05 Å². The number of rotatable bonds is 4. The van der Waals surface area contributed by atoms with E-state index in [4.69, 9.17) is 11.6 Å². The molecule has 1 atom stereocenters. The number of thiophene rings is 1. The smallest absolute Gasteiger partial charge is 0.0837 e. The van der Waals surface area contributed by atoms with Crippen molar-refractivity contribution in [1.29, 1.82) is 0 Å². The van der Waals surface area contributed by atoms with Crippen molar-refractivity contribution in [2.45, 2.75) is 13.0 Å². The number of nitrogens with zero attached hydrogens (tertiary/aromatic N) is 3. The summed E-state index contributed by atoms with van der Waals surface area (Å²) in [6.45, 7) is 2.92. The van der Waals surface area contributed by atoms with Gasteiger partial charge in [0.05, 0.1) is 33.2 Å². The highest BCUT2D eigenvalue weighted by Gasteiger charge is 2.21. The number of nitrogens with one attached hydrogen (secondary N) is 1. The maximum Gasteiger partial charge on any atom is 0.0837 e. The summed E-state index contributed by atoms with van der Waals surface area (Å²) in [5.74, 6) is 0. The first kappa shape index (κ1) is 13.5. The van der Waals surface area contributed by atoms with Crippen LogP contribution in [0.2, 0.25) is 5.02 Å². The van der Waals surface area contributed by atoms with Crippen LogP contribution in [0.15, 0.2) is 29.9 Å². The van der Waals surface area contributed by atoms with Gasteiger partial charge in [-0.2, -0.15) is 5.10 Å². The molecule has 0 aliphatic heterocycles. The molecule has 3 aromatic rings. The fraction of sp³-hybridized carbons (Fsp3) is 0.286. The van der Waals surface area contributed by atoms with E-state index < -0.39 is 0 Å². The third kappa shape index (κ3) is 2.32. The van der Waals surface area contributed by atoms with Gasteiger partial charge in [0, 0.05) is 13.2 Å². The molecule has 4 nitrogen and oxygen atoms in total. The van der Waals surface area contributed by atoms with Crippen LogP contribution < -0.4 is 5.32 Å². The van der Waals surface area contributed by atoms with Gasteiger partial charge >= 0.3 is 0 Å². The lowest BCUT2D eigenvalue weighted by molar-refractivity contribution is 0.572. The van der Waals surface area contributed by atoms with Crippen molar-refractivity contribution < 1.29 is 0 Å². The Balaban J connectivity index is 2.10. The Morgan fingerprint density at radius 2 is 2.30 bits per heavy atom. The van der Waals surface area contributed by atoms with Crippen LogP contribution >= 0.6 is 22.9 Å². The fourth-order valence-electron chi connectivity index (χ4n) is 2.34. The molecule has 0 aliphatic rings. The molecule has 104 valence electrons. The lowest BCUT2D eigenvalue weighted by atomic mass is 10.1. The highest BCUT2D eigenvalue weighted by atomic mass is 35.5. The Morgan fingerprint density at radius 1 is 1.45 bits per heavy atom. The first-order valence-electron chi connectivity index (χ1n) is 6.44. The van der Waals surface area contributed by atoms with E-state index in [2.05, 4.69) is 33.8 Å². The van der Waals surface area contributed by atoms with Crippen LogP contribution in [0.5, 0.6) is 0 Å². The first-order valence-corrected chi connectivity index (χ1v) is 7.70. The van der Waals surface area contributed by atoms with Gasteiger partial charge in [-0.3, -0.25) is 9.67 Å². The van der Waals surface area contributed by atoms with Gasteiger partial charge in [0.25, 0.3) is 0 Å². The predicted molar refractivity (Wildman–Crippen MR) is 83.4 cm³/mol. The van der Waals surface area contributed by atoms with Crippen LogP contribution in [0.3, 0.4) is 0 Å². The standard InChI is InChI=1S/C14H15ClN4S/c1-3-16-13(14-10(15)8-18-19(14)2)9-6-12-11(17-7-9)4-5-20-12/h4-8,13,16H,3H2,1-2H3. The van der Waals surface area contributed by atoms with Gasteiger partial charge in [-0.05, 0) is 29.6 Å². The highest BCUT2D eigenvalue weighted by Crippen LogP contribution is 2.30. The van der Waals surface area contributed by atoms with Gasteiger partial charge < -0.3 is 5.32 Å². The Labute approximate surface area is 126 Å². The van der Waals surface area contributed by atoms with Crippen molar-refractivity contribution in [3.8, 4) is 0 Å². The molecule has 3 heterocycles. The Hall–Kier alpha value is -1.43. The molecule has 0 fully saturated rings. The van der Waals surface area contributed by atoms with E-state index in [-0.39, 0.29) is 6.04 Å². The summed E-state index contributed by atoms with van der Waals surface area (Å²) in [7, 11) is 1.91. The number of pyridine rings is 1. The number of halogens is 1. The van der Waals surface area contributed by atoms with Gasteiger partial charge in [-0.1, -0.05) is 18.5 Å². The van der Waals surface area contributed by atoms with E-state index in [9.17, 15) is 0 Å². The molecule has 0 saturated carbocycles. The summed E-state index contributed by atoms with van der Waals surface area (Å²) < 4.78 is 3.00. The largest absolute Gasteiger partial charge is 0.305 e. The first-order chi connectivity index (χ1) is 9.70. The monoisotopic (exact) mass is 306 g/mol. The van der Waals surface area contributed by atoms with Gasteiger partial charge in [0.2, 0.25) is 0 Å². The second-order valence-electron chi connectivity index (χ2n) is 4.56. The van der Waals surface area contributed by atoms with Crippen LogP contribution in [-0.4, -0.2) is 21.3 Å². The van der Waals surface area contributed by atoms with Gasteiger partial charge in [-0.15, -0.1) is 11.3 Å². The fourth-order valence-corrected chi connectivity index (χ4v) is 3.41. The molecular weight excluding hydrogens is 292 g/mol. The van der Waals surface area contributed by atoms with Crippen LogP contribution in [-0.2, 0) is 7.05 Å². The van der Waals surface area contributed by atoms with Gasteiger partial charge in [0.15, 0.2) is 0 Å². The molecule has 6 heteroatoms. The number of aromatic nitrogens is 3. The molecule has 0 aromatic carbocycles. The summed E-state index contributed by atoms with van der Waals surface area (Å²) in [6, 6.07) is 4.20. The quantitative estimate of drug-likeness (QED) is 0.803. The lowest BCUT2D eigenvalue weighted by Gasteiger charge is -2.19. The molecule has 20 heavy (non-hydrogen) atoms. The zero-order valence-electron chi connectivity index (χ0n) is 11.3. The van der Waals surface area contributed by atoms with Crippen molar-refractivity contribution >= 4 is 33.2 Å². The summed E-state index contributed by atoms with van der Waals surface area (Å²) in [5.41, 5.74) is 3.10. The number of hydrogen-bond donors (Lipinski definition) is 1. The van der Waals surface area contributed by atoms with Crippen molar-refractivity contribution in [3.05, 3.63) is 46.2 Å². The maximum atomic E-state index is 6.28. The normalized spacial score (nSPS) is 12.9. The predicted octanol–water partition coefficient (Wildman–Crippen LogP) is 3.38. The number of hydrogen-bond acceptors (Lipinski definition) is 4. The van der Waals surface area contributed by atoms with Crippen molar-refractivity contribution in [3.63, 3.8) is 0 Å². The molecule has 1 unspecified atom stereocenters. The van der Waals surface area contributed by atoms with E-state index in [0.29, 0.717) is 5.02 Å². The van der Waals surface area contributed by atoms with E-state index in [0.717, 1.165) is 23.3 Å². The summed E-state index contributed by atoms with van der Waals surface area (Å²) in [6.07, 6.45) is 3.59.